The number of hydrogen-bond acceptors (Lipinski definition) is 4. The Morgan fingerprint density at radius 1 is 1.25 bits per heavy atom. The number of halogens is 1. The van der Waals surface area contributed by atoms with E-state index in [1.807, 2.05) is 0 Å². The first-order valence-electron chi connectivity index (χ1n) is 5.67. The summed E-state index contributed by atoms with van der Waals surface area (Å²) in [5.41, 5.74) is 6.59. The van der Waals surface area contributed by atoms with Gasteiger partial charge in [0.2, 0.25) is 0 Å². The predicted molar refractivity (Wildman–Crippen MR) is 79.5 cm³/mol. The molecule has 0 bridgehead atoms. The maximum Gasteiger partial charge on any atom is 0.265 e. The van der Waals surface area contributed by atoms with E-state index in [4.69, 9.17) is 17.3 Å². The Balaban J connectivity index is 2.43. The number of benzene rings is 2. The van der Waals surface area contributed by atoms with Crippen molar-refractivity contribution in [2.24, 2.45) is 0 Å². The Kier molecular flexibility index (Phi) is 3.78. The average molecular weight is 313 g/mol. The van der Waals surface area contributed by atoms with Crippen LogP contribution in [-0.4, -0.2) is 13.5 Å². The maximum atomic E-state index is 12.3. The van der Waals surface area contributed by atoms with E-state index < -0.39 is 10.0 Å². The molecule has 0 saturated carbocycles. The molecule has 0 aliphatic heterocycles. The van der Waals surface area contributed by atoms with Crippen molar-refractivity contribution in [3.63, 3.8) is 0 Å². The summed E-state index contributed by atoms with van der Waals surface area (Å²) >= 11 is 5.89. The molecule has 0 radical (unpaired) electrons. The monoisotopic (exact) mass is 312 g/mol. The number of anilines is 2. The van der Waals surface area contributed by atoms with Gasteiger partial charge >= 0.3 is 0 Å². The molecule has 2 aromatic rings. The SMILES string of the molecule is Cc1ccc(NS(=O)(=O)c2c(N)cccc2Cl)cc1O. The molecule has 0 saturated heterocycles. The van der Waals surface area contributed by atoms with Gasteiger partial charge in [-0.2, -0.15) is 0 Å². The molecule has 0 fully saturated rings. The van der Waals surface area contributed by atoms with E-state index in [-0.39, 0.29) is 27.0 Å². The number of nitrogens with one attached hydrogen (secondary N) is 1. The molecule has 0 unspecified atom stereocenters. The second-order valence-electron chi connectivity index (χ2n) is 4.26. The number of nitrogens with two attached hydrogens (primary N) is 1. The van der Waals surface area contributed by atoms with Crippen LogP contribution >= 0.6 is 11.6 Å². The highest BCUT2D eigenvalue weighted by Crippen LogP contribution is 2.30. The van der Waals surface area contributed by atoms with Crippen molar-refractivity contribution >= 4 is 33.0 Å². The molecule has 106 valence electrons. The molecule has 0 spiro atoms. The van der Waals surface area contributed by atoms with Gasteiger partial charge in [-0.15, -0.1) is 0 Å². The Morgan fingerprint density at radius 2 is 1.95 bits per heavy atom. The molecule has 0 heterocycles. The highest BCUT2D eigenvalue weighted by atomic mass is 35.5. The largest absolute Gasteiger partial charge is 0.508 e. The zero-order chi connectivity index (χ0) is 14.9. The summed E-state index contributed by atoms with van der Waals surface area (Å²) < 4.78 is 26.9. The van der Waals surface area contributed by atoms with Crippen LogP contribution in [0.4, 0.5) is 11.4 Å². The van der Waals surface area contributed by atoms with Gasteiger partial charge in [0.25, 0.3) is 10.0 Å². The molecule has 0 aromatic heterocycles. The number of hydrogen-bond donors (Lipinski definition) is 3. The van der Waals surface area contributed by atoms with Gasteiger partial charge < -0.3 is 10.8 Å². The number of aromatic hydroxyl groups is 1. The first-order valence-corrected chi connectivity index (χ1v) is 7.54. The van der Waals surface area contributed by atoms with Crippen LogP contribution in [0.5, 0.6) is 5.75 Å². The van der Waals surface area contributed by atoms with Gasteiger partial charge in [0.05, 0.1) is 16.4 Å². The van der Waals surface area contributed by atoms with Crippen molar-refractivity contribution in [2.75, 3.05) is 10.5 Å². The third-order valence-corrected chi connectivity index (χ3v) is 4.65. The Hall–Kier alpha value is -1.92. The van der Waals surface area contributed by atoms with Crippen molar-refractivity contribution < 1.29 is 13.5 Å². The summed E-state index contributed by atoms with van der Waals surface area (Å²) in [5.74, 6) is -0.00247. The fourth-order valence-corrected chi connectivity index (χ4v) is 3.42. The molecule has 7 heteroatoms. The van der Waals surface area contributed by atoms with Crippen LogP contribution in [0.15, 0.2) is 41.3 Å². The summed E-state index contributed by atoms with van der Waals surface area (Å²) in [7, 11) is -3.92. The third kappa shape index (κ3) is 2.81. The number of phenolic OH excluding ortho intramolecular Hbond substituents is 1. The van der Waals surface area contributed by atoms with Gasteiger partial charge in [0.1, 0.15) is 10.6 Å². The van der Waals surface area contributed by atoms with Crippen LogP contribution in [0.1, 0.15) is 5.56 Å². The van der Waals surface area contributed by atoms with Crippen LogP contribution in [0.2, 0.25) is 5.02 Å². The van der Waals surface area contributed by atoms with E-state index in [0.717, 1.165) is 0 Å². The standard InChI is InChI=1S/C13H13ClN2O3S/c1-8-5-6-9(7-12(8)17)16-20(18,19)13-10(14)3-2-4-11(13)15/h2-7,16-17H,15H2,1H3. The Bertz CT molecular complexity index is 740. The first-order chi connectivity index (χ1) is 9.31. The van der Waals surface area contributed by atoms with Gasteiger partial charge in [0, 0.05) is 6.07 Å². The molecule has 20 heavy (non-hydrogen) atoms. The number of aryl methyl sites for hydroxylation is 1. The van der Waals surface area contributed by atoms with Crippen LogP contribution in [-0.2, 0) is 10.0 Å². The lowest BCUT2D eigenvalue weighted by Crippen LogP contribution is -2.15. The number of rotatable bonds is 3. The summed E-state index contributed by atoms with van der Waals surface area (Å²) in [4.78, 5) is -0.179. The van der Waals surface area contributed by atoms with E-state index in [1.165, 1.54) is 18.2 Å². The number of nitrogen functional groups attached to an aromatic ring is 1. The molecule has 0 amide bonds. The third-order valence-electron chi connectivity index (χ3n) is 2.73. The van der Waals surface area contributed by atoms with E-state index >= 15 is 0 Å². The zero-order valence-electron chi connectivity index (χ0n) is 10.6. The average Bonchev–Trinajstić information content (AvgIpc) is 2.33. The van der Waals surface area contributed by atoms with Crippen LogP contribution in [0, 0.1) is 6.92 Å². The van der Waals surface area contributed by atoms with Crippen molar-refractivity contribution in [3.05, 3.63) is 47.0 Å². The van der Waals surface area contributed by atoms with Crippen molar-refractivity contribution in [2.45, 2.75) is 11.8 Å². The molecule has 4 N–H and O–H groups in total. The van der Waals surface area contributed by atoms with Gasteiger partial charge in [0.15, 0.2) is 0 Å². The Morgan fingerprint density at radius 3 is 2.55 bits per heavy atom. The summed E-state index contributed by atoms with van der Waals surface area (Å²) in [6, 6.07) is 8.92. The van der Waals surface area contributed by atoms with E-state index in [9.17, 15) is 13.5 Å². The lowest BCUT2D eigenvalue weighted by molar-refractivity contribution is 0.471. The minimum absolute atomic E-state index is 0.00247. The normalized spacial score (nSPS) is 11.3. The minimum atomic E-state index is -3.92. The summed E-state index contributed by atoms with van der Waals surface area (Å²) in [6.07, 6.45) is 0. The zero-order valence-corrected chi connectivity index (χ0v) is 12.2. The highest BCUT2D eigenvalue weighted by Gasteiger charge is 2.21. The molecule has 2 rings (SSSR count). The molecular formula is C13H13ClN2O3S. The van der Waals surface area contributed by atoms with Crippen molar-refractivity contribution in [1.82, 2.24) is 0 Å². The second kappa shape index (κ2) is 5.22. The number of sulfonamides is 1. The fourth-order valence-electron chi connectivity index (χ4n) is 1.69. The fraction of sp³-hybridized carbons (Fsp3) is 0.0769. The highest BCUT2D eigenvalue weighted by molar-refractivity contribution is 7.93. The predicted octanol–water partition coefficient (Wildman–Crippen LogP) is 2.74. The van der Waals surface area contributed by atoms with E-state index in [0.29, 0.717) is 5.56 Å². The lowest BCUT2D eigenvalue weighted by Gasteiger charge is -2.12. The van der Waals surface area contributed by atoms with Crippen molar-refractivity contribution in [1.29, 1.82) is 0 Å². The molecular weight excluding hydrogens is 300 g/mol. The number of phenols is 1. The van der Waals surface area contributed by atoms with E-state index in [2.05, 4.69) is 4.72 Å². The van der Waals surface area contributed by atoms with Crippen molar-refractivity contribution in [3.8, 4) is 5.75 Å². The lowest BCUT2D eigenvalue weighted by atomic mass is 10.2. The molecule has 0 atom stereocenters. The first kappa shape index (κ1) is 14.5. The molecule has 5 nitrogen and oxygen atoms in total. The Labute approximate surface area is 122 Å². The van der Waals surface area contributed by atoms with Gasteiger partial charge in [-0.25, -0.2) is 8.42 Å². The van der Waals surface area contributed by atoms with Crippen LogP contribution < -0.4 is 10.5 Å². The second-order valence-corrected chi connectivity index (χ2v) is 6.29. The van der Waals surface area contributed by atoms with Crippen LogP contribution in [0.25, 0.3) is 0 Å². The summed E-state index contributed by atoms with van der Waals surface area (Å²) in [6.45, 7) is 1.71. The molecule has 2 aromatic carbocycles. The summed E-state index contributed by atoms with van der Waals surface area (Å²) in [5, 5.41) is 9.63. The van der Waals surface area contributed by atoms with Gasteiger partial charge in [-0.3, -0.25) is 4.72 Å². The van der Waals surface area contributed by atoms with Crippen LogP contribution in [0.3, 0.4) is 0 Å². The van der Waals surface area contributed by atoms with E-state index in [1.54, 1.807) is 25.1 Å². The minimum Gasteiger partial charge on any atom is -0.508 e. The van der Waals surface area contributed by atoms with Gasteiger partial charge in [-0.05, 0) is 30.7 Å². The molecule has 0 aliphatic carbocycles. The smallest absolute Gasteiger partial charge is 0.265 e. The topological polar surface area (TPSA) is 92.4 Å². The maximum absolute atomic E-state index is 12.3. The molecule has 0 aliphatic rings. The van der Waals surface area contributed by atoms with Gasteiger partial charge in [-0.1, -0.05) is 23.7 Å². The quantitative estimate of drug-likeness (QED) is 0.760.